The van der Waals surface area contributed by atoms with Gasteiger partial charge in [0.25, 0.3) is 5.91 Å². The number of alkyl halides is 2. The van der Waals surface area contributed by atoms with Gasteiger partial charge < -0.3 is 14.8 Å². The van der Waals surface area contributed by atoms with Gasteiger partial charge in [0.2, 0.25) is 0 Å². The Kier molecular flexibility index (Phi) is 5.53. The molecule has 1 aromatic carbocycles. The van der Waals surface area contributed by atoms with Crippen LogP contribution in [-0.2, 0) is 14.3 Å². The predicted octanol–water partition coefficient (Wildman–Crippen LogP) is 1.34. The minimum atomic E-state index is -2.98. The van der Waals surface area contributed by atoms with Crippen molar-refractivity contribution in [2.75, 3.05) is 13.2 Å². The van der Waals surface area contributed by atoms with Crippen LogP contribution in [0.25, 0.3) is 0 Å². The molecule has 1 heterocycles. The van der Waals surface area contributed by atoms with Crippen molar-refractivity contribution >= 4 is 23.7 Å². The number of ketones is 1. The number of hydrogen-bond donors (Lipinski definition) is 1. The number of carbonyl (C=O) groups excluding carboxylic acids is 4. The van der Waals surface area contributed by atoms with E-state index in [0.717, 1.165) is 0 Å². The lowest BCUT2D eigenvalue weighted by Crippen LogP contribution is -2.41. The number of ether oxygens (including phenoxy) is 2. The maximum atomic E-state index is 12.1. The predicted molar refractivity (Wildman–Crippen MR) is 82.7 cm³/mol. The molecule has 1 saturated heterocycles. The Labute approximate surface area is 147 Å². The van der Waals surface area contributed by atoms with Gasteiger partial charge in [0.1, 0.15) is 17.8 Å². The first-order valence-electron chi connectivity index (χ1n) is 7.48. The van der Waals surface area contributed by atoms with Crippen LogP contribution in [0.15, 0.2) is 24.3 Å². The number of nitrogens with one attached hydrogen (secondary N) is 1. The second-order valence-electron chi connectivity index (χ2n) is 5.93. The largest absolute Gasteiger partial charge is 0.456 e. The van der Waals surface area contributed by atoms with Gasteiger partial charge in [-0.3, -0.25) is 19.3 Å². The highest BCUT2D eigenvalue weighted by atomic mass is 19.3. The molecule has 10 heteroatoms. The molecule has 0 spiro atoms. The van der Waals surface area contributed by atoms with E-state index in [2.05, 4.69) is 10.1 Å². The third-order valence-electron chi connectivity index (χ3n) is 3.50. The molecular formula is C16H16F2N2O6. The van der Waals surface area contributed by atoms with Crippen molar-refractivity contribution in [1.29, 1.82) is 0 Å². The number of halogens is 2. The molecule has 1 N–H and O–H groups in total. The van der Waals surface area contributed by atoms with Crippen molar-refractivity contribution in [1.82, 2.24) is 10.2 Å². The average molecular weight is 370 g/mol. The fourth-order valence-corrected chi connectivity index (χ4v) is 2.19. The standard InChI is InChI=1S/C16H16F2N2O6/c1-16(2)13(23)20(15(24)19-16)7-12(22)25-8-11(21)9-3-5-10(6-4-9)26-14(17)18/h3-6,14H,7-8H2,1-2H3,(H,19,24). The molecule has 140 valence electrons. The molecule has 8 nitrogen and oxygen atoms in total. The maximum absolute atomic E-state index is 12.1. The normalized spacial score (nSPS) is 15.8. The number of hydrogen-bond acceptors (Lipinski definition) is 6. The van der Waals surface area contributed by atoms with E-state index in [1.807, 2.05) is 0 Å². The molecule has 0 unspecified atom stereocenters. The van der Waals surface area contributed by atoms with Crippen molar-refractivity contribution in [3.63, 3.8) is 0 Å². The van der Waals surface area contributed by atoms with Gasteiger partial charge in [0, 0.05) is 5.56 Å². The minimum absolute atomic E-state index is 0.116. The summed E-state index contributed by atoms with van der Waals surface area (Å²) in [6, 6.07) is 4.12. The number of nitrogens with zero attached hydrogens (tertiary/aromatic N) is 1. The van der Waals surface area contributed by atoms with Crippen molar-refractivity contribution in [2.24, 2.45) is 0 Å². The lowest BCUT2D eigenvalue weighted by atomic mass is 10.1. The molecule has 1 fully saturated rings. The van der Waals surface area contributed by atoms with Crippen LogP contribution < -0.4 is 10.1 Å². The van der Waals surface area contributed by atoms with E-state index in [4.69, 9.17) is 4.74 Å². The molecule has 0 bridgehead atoms. The van der Waals surface area contributed by atoms with Crippen molar-refractivity contribution in [3.8, 4) is 5.75 Å². The second-order valence-corrected chi connectivity index (χ2v) is 5.93. The zero-order chi connectivity index (χ0) is 19.5. The van der Waals surface area contributed by atoms with E-state index in [1.165, 1.54) is 38.1 Å². The van der Waals surface area contributed by atoms with Crippen LogP contribution in [0, 0.1) is 0 Å². The van der Waals surface area contributed by atoms with Gasteiger partial charge in [-0.1, -0.05) is 0 Å². The lowest BCUT2D eigenvalue weighted by molar-refractivity contribution is -0.146. The smallest absolute Gasteiger partial charge is 0.387 e. The summed E-state index contributed by atoms with van der Waals surface area (Å²) in [5.41, 5.74) is -0.995. The summed E-state index contributed by atoms with van der Waals surface area (Å²) in [7, 11) is 0. The van der Waals surface area contributed by atoms with Crippen LogP contribution in [0.5, 0.6) is 5.75 Å². The van der Waals surface area contributed by atoms with Crippen LogP contribution in [0.2, 0.25) is 0 Å². The fourth-order valence-electron chi connectivity index (χ4n) is 2.19. The number of benzene rings is 1. The van der Waals surface area contributed by atoms with E-state index >= 15 is 0 Å². The number of imide groups is 1. The molecule has 0 saturated carbocycles. The van der Waals surface area contributed by atoms with E-state index < -0.39 is 49.0 Å². The van der Waals surface area contributed by atoms with Gasteiger partial charge >= 0.3 is 18.6 Å². The Bertz CT molecular complexity index is 733. The minimum Gasteiger partial charge on any atom is -0.456 e. The van der Waals surface area contributed by atoms with Gasteiger partial charge in [0.15, 0.2) is 12.4 Å². The maximum Gasteiger partial charge on any atom is 0.387 e. The first-order chi connectivity index (χ1) is 12.1. The SMILES string of the molecule is CC1(C)NC(=O)N(CC(=O)OCC(=O)c2ccc(OC(F)F)cc2)C1=O. The van der Waals surface area contributed by atoms with Crippen LogP contribution in [-0.4, -0.2) is 53.9 Å². The summed E-state index contributed by atoms with van der Waals surface area (Å²) in [6.07, 6.45) is 0. The van der Waals surface area contributed by atoms with Crippen molar-refractivity contribution < 1.29 is 37.4 Å². The zero-order valence-corrected chi connectivity index (χ0v) is 14.0. The second kappa shape index (κ2) is 7.46. The van der Waals surface area contributed by atoms with Crippen LogP contribution in [0.4, 0.5) is 13.6 Å². The van der Waals surface area contributed by atoms with Crippen LogP contribution in [0.3, 0.4) is 0 Å². The third kappa shape index (κ3) is 4.52. The summed E-state index contributed by atoms with van der Waals surface area (Å²) >= 11 is 0. The quantitative estimate of drug-likeness (QED) is 0.442. The fraction of sp³-hybridized carbons (Fsp3) is 0.375. The topological polar surface area (TPSA) is 102 Å². The van der Waals surface area contributed by atoms with Crippen molar-refractivity contribution in [2.45, 2.75) is 26.0 Å². The van der Waals surface area contributed by atoms with E-state index in [-0.39, 0.29) is 11.3 Å². The molecular weight excluding hydrogens is 354 g/mol. The average Bonchev–Trinajstić information content (AvgIpc) is 2.74. The Balaban J connectivity index is 1.86. The van der Waals surface area contributed by atoms with Gasteiger partial charge in [-0.05, 0) is 38.1 Å². The lowest BCUT2D eigenvalue weighted by Gasteiger charge is -2.15. The summed E-state index contributed by atoms with van der Waals surface area (Å²) in [5, 5.41) is 2.41. The number of esters is 1. The molecule has 1 aliphatic rings. The molecule has 0 aliphatic carbocycles. The monoisotopic (exact) mass is 370 g/mol. The Morgan fingerprint density at radius 2 is 1.81 bits per heavy atom. The summed E-state index contributed by atoms with van der Waals surface area (Å²) in [4.78, 5) is 48.0. The number of carbonyl (C=O) groups is 4. The highest BCUT2D eigenvalue weighted by Crippen LogP contribution is 2.17. The van der Waals surface area contributed by atoms with Crippen molar-refractivity contribution in [3.05, 3.63) is 29.8 Å². The van der Waals surface area contributed by atoms with E-state index in [9.17, 15) is 28.0 Å². The first kappa shape index (κ1) is 19.3. The highest BCUT2D eigenvalue weighted by Gasteiger charge is 2.45. The Morgan fingerprint density at radius 1 is 1.19 bits per heavy atom. The van der Waals surface area contributed by atoms with Crippen LogP contribution >= 0.6 is 0 Å². The van der Waals surface area contributed by atoms with E-state index in [1.54, 1.807) is 0 Å². The molecule has 3 amide bonds. The third-order valence-corrected chi connectivity index (χ3v) is 3.50. The molecule has 2 rings (SSSR count). The highest BCUT2D eigenvalue weighted by molar-refractivity contribution is 6.08. The molecule has 1 aromatic rings. The Morgan fingerprint density at radius 3 is 2.31 bits per heavy atom. The summed E-state index contributed by atoms with van der Waals surface area (Å²) in [5.74, 6) is -2.22. The van der Waals surface area contributed by atoms with Gasteiger partial charge in [0.05, 0.1) is 0 Å². The molecule has 26 heavy (non-hydrogen) atoms. The zero-order valence-electron chi connectivity index (χ0n) is 14.0. The number of Topliss-reactive ketones (excluding diaryl/α,β-unsaturated/α-hetero) is 1. The molecule has 0 aromatic heterocycles. The molecule has 0 radical (unpaired) electrons. The summed E-state index contributed by atoms with van der Waals surface area (Å²) < 4.78 is 33.0. The number of rotatable bonds is 7. The van der Waals surface area contributed by atoms with Gasteiger partial charge in [-0.25, -0.2) is 4.79 Å². The van der Waals surface area contributed by atoms with Gasteiger partial charge in [-0.2, -0.15) is 8.78 Å². The number of urea groups is 1. The molecule has 1 aliphatic heterocycles. The Hall–Kier alpha value is -3.04. The number of amides is 3. The van der Waals surface area contributed by atoms with E-state index in [0.29, 0.717) is 4.90 Å². The summed E-state index contributed by atoms with van der Waals surface area (Å²) in [6.45, 7) is -1.25. The van der Waals surface area contributed by atoms with Crippen LogP contribution in [0.1, 0.15) is 24.2 Å². The molecule has 0 atom stereocenters. The van der Waals surface area contributed by atoms with Gasteiger partial charge in [-0.15, -0.1) is 0 Å². The first-order valence-corrected chi connectivity index (χ1v) is 7.48.